The minimum absolute atomic E-state index is 0.131. The van der Waals surface area contributed by atoms with Gasteiger partial charge in [-0.1, -0.05) is 20.3 Å². The highest BCUT2D eigenvalue weighted by Gasteiger charge is 2.25. The van der Waals surface area contributed by atoms with Crippen molar-refractivity contribution in [2.75, 3.05) is 0 Å². The molecule has 1 aromatic rings. The molecule has 2 N–H and O–H groups in total. The van der Waals surface area contributed by atoms with E-state index in [1.807, 2.05) is 6.92 Å². The van der Waals surface area contributed by atoms with Gasteiger partial charge in [-0.3, -0.25) is 4.79 Å². The number of rotatable bonds is 5. The lowest BCUT2D eigenvalue weighted by atomic mass is 9.99. The van der Waals surface area contributed by atoms with E-state index in [0.29, 0.717) is 6.42 Å². The van der Waals surface area contributed by atoms with Gasteiger partial charge in [-0.2, -0.15) is 4.39 Å². The summed E-state index contributed by atoms with van der Waals surface area (Å²) in [5.74, 6) is -2.55. The summed E-state index contributed by atoms with van der Waals surface area (Å²) in [7, 11) is 0. The van der Waals surface area contributed by atoms with Gasteiger partial charge in [-0.25, -0.2) is 9.78 Å². The quantitative estimate of drug-likeness (QED) is 0.779. The van der Waals surface area contributed by atoms with Crippen LogP contribution in [0.5, 0.6) is 0 Å². The minimum Gasteiger partial charge on any atom is -0.480 e. The van der Waals surface area contributed by atoms with E-state index in [0.717, 1.165) is 12.3 Å². The number of aliphatic carboxylic acids is 1. The molecule has 5 nitrogen and oxygen atoms in total. The van der Waals surface area contributed by atoms with Crippen LogP contribution in [0.15, 0.2) is 18.3 Å². The number of pyridine rings is 1. The van der Waals surface area contributed by atoms with Crippen molar-refractivity contribution in [3.63, 3.8) is 0 Å². The molecule has 0 aliphatic rings. The van der Waals surface area contributed by atoms with Gasteiger partial charge in [0.25, 0.3) is 5.91 Å². The number of aromatic nitrogens is 1. The molecule has 0 saturated heterocycles. The Morgan fingerprint density at radius 2 is 2.17 bits per heavy atom. The summed E-state index contributed by atoms with van der Waals surface area (Å²) in [6.45, 7) is 3.58. The predicted molar refractivity (Wildman–Crippen MR) is 62.5 cm³/mol. The molecule has 0 spiro atoms. The highest BCUT2D eigenvalue weighted by Crippen LogP contribution is 2.09. The van der Waals surface area contributed by atoms with Gasteiger partial charge in [0.1, 0.15) is 6.04 Å². The predicted octanol–water partition coefficient (Wildman–Crippen LogP) is 1.45. The minimum atomic E-state index is -1.09. The molecule has 0 radical (unpaired) electrons. The number of nitrogens with one attached hydrogen (secondary N) is 1. The molecule has 0 aromatic carbocycles. The van der Waals surface area contributed by atoms with Crippen LogP contribution < -0.4 is 5.32 Å². The van der Waals surface area contributed by atoms with Crippen molar-refractivity contribution >= 4 is 11.9 Å². The lowest BCUT2D eigenvalue weighted by molar-refractivity contribution is -0.140. The molecule has 1 amide bonds. The van der Waals surface area contributed by atoms with Crippen molar-refractivity contribution in [3.05, 3.63) is 29.8 Å². The highest BCUT2D eigenvalue weighted by atomic mass is 19.1. The second-order valence-electron chi connectivity index (χ2n) is 4.04. The Kier molecular flexibility index (Phi) is 4.76. The number of amides is 1. The third kappa shape index (κ3) is 3.51. The van der Waals surface area contributed by atoms with Gasteiger partial charge in [-0.15, -0.1) is 0 Å². The maximum atomic E-state index is 12.6. The Balaban J connectivity index is 2.78. The number of carbonyl (C=O) groups is 2. The van der Waals surface area contributed by atoms with E-state index >= 15 is 0 Å². The summed E-state index contributed by atoms with van der Waals surface area (Å²) < 4.78 is 12.6. The molecule has 6 heteroatoms. The van der Waals surface area contributed by atoms with Gasteiger partial charge < -0.3 is 10.4 Å². The largest absolute Gasteiger partial charge is 0.480 e. The number of halogens is 1. The van der Waals surface area contributed by atoms with Gasteiger partial charge in [0, 0.05) is 6.20 Å². The van der Waals surface area contributed by atoms with E-state index in [1.165, 1.54) is 6.07 Å². The summed E-state index contributed by atoms with van der Waals surface area (Å²) >= 11 is 0. The maximum absolute atomic E-state index is 12.6. The number of carboxylic acid groups (broad SMARTS) is 1. The van der Waals surface area contributed by atoms with Crippen molar-refractivity contribution in [1.29, 1.82) is 0 Å². The average molecular weight is 254 g/mol. The Morgan fingerprint density at radius 3 is 2.61 bits per heavy atom. The SMILES string of the molecule is CCC(C)[C@H](NC(=O)c1ccc(F)nc1)C(=O)O. The van der Waals surface area contributed by atoms with Crippen LogP contribution in [-0.4, -0.2) is 28.0 Å². The van der Waals surface area contributed by atoms with E-state index in [-0.39, 0.29) is 11.5 Å². The van der Waals surface area contributed by atoms with Crippen LogP contribution in [0.2, 0.25) is 0 Å². The molecule has 0 saturated carbocycles. The monoisotopic (exact) mass is 254 g/mol. The number of carbonyl (C=O) groups excluding carboxylic acids is 1. The summed E-state index contributed by atoms with van der Waals surface area (Å²) in [6.07, 6.45) is 1.69. The van der Waals surface area contributed by atoms with Crippen LogP contribution in [0.25, 0.3) is 0 Å². The van der Waals surface area contributed by atoms with Crippen LogP contribution in [-0.2, 0) is 4.79 Å². The molecule has 1 unspecified atom stereocenters. The Labute approximate surface area is 104 Å². The number of nitrogens with zero attached hydrogens (tertiary/aromatic N) is 1. The van der Waals surface area contributed by atoms with Gasteiger partial charge in [-0.05, 0) is 18.1 Å². The normalized spacial score (nSPS) is 13.7. The van der Waals surface area contributed by atoms with Gasteiger partial charge in [0.05, 0.1) is 5.56 Å². The van der Waals surface area contributed by atoms with Crippen LogP contribution >= 0.6 is 0 Å². The Hall–Kier alpha value is -1.98. The lowest BCUT2D eigenvalue weighted by Crippen LogP contribution is -2.45. The second-order valence-corrected chi connectivity index (χ2v) is 4.04. The molecule has 1 aromatic heterocycles. The fourth-order valence-electron chi connectivity index (χ4n) is 1.42. The summed E-state index contributed by atoms with van der Waals surface area (Å²) in [6, 6.07) is 1.34. The molecular weight excluding hydrogens is 239 g/mol. The van der Waals surface area contributed by atoms with Crippen molar-refractivity contribution in [2.24, 2.45) is 5.92 Å². The van der Waals surface area contributed by atoms with Gasteiger partial charge in [0.2, 0.25) is 5.95 Å². The van der Waals surface area contributed by atoms with Crippen LogP contribution in [0.1, 0.15) is 30.6 Å². The van der Waals surface area contributed by atoms with Gasteiger partial charge >= 0.3 is 5.97 Å². The second kappa shape index (κ2) is 6.09. The van der Waals surface area contributed by atoms with E-state index in [9.17, 15) is 14.0 Å². The Morgan fingerprint density at radius 1 is 1.50 bits per heavy atom. The highest BCUT2D eigenvalue weighted by molar-refractivity contribution is 5.96. The zero-order valence-corrected chi connectivity index (χ0v) is 10.2. The van der Waals surface area contributed by atoms with E-state index in [4.69, 9.17) is 5.11 Å². The third-order valence-corrected chi connectivity index (χ3v) is 2.76. The van der Waals surface area contributed by atoms with E-state index in [2.05, 4.69) is 10.3 Å². The number of hydrogen-bond acceptors (Lipinski definition) is 3. The lowest BCUT2D eigenvalue weighted by Gasteiger charge is -2.19. The van der Waals surface area contributed by atoms with Crippen LogP contribution in [0.3, 0.4) is 0 Å². The molecule has 0 bridgehead atoms. The molecular formula is C12H15FN2O3. The first kappa shape index (κ1) is 14.1. The average Bonchev–Trinajstić information content (AvgIpc) is 2.35. The molecule has 0 aliphatic heterocycles. The topological polar surface area (TPSA) is 79.3 Å². The van der Waals surface area contributed by atoms with Crippen LogP contribution in [0.4, 0.5) is 4.39 Å². The molecule has 2 atom stereocenters. The summed E-state index contributed by atoms with van der Waals surface area (Å²) in [4.78, 5) is 26.1. The smallest absolute Gasteiger partial charge is 0.326 e. The molecule has 1 heterocycles. The number of carboxylic acids is 1. The third-order valence-electron chi connectivity index (χ3n) is 2.76. The summed E-state index contributed by atoms with van der Waals surface area (Å²) in [5.41, 5.74) is 0.131. The molecule has 1 rings (SSSR count). The van der Waals surface area contributed by atoms with E-state index < -0.39 is 23.9 Å². The zero-order valence-electron chi connectivity index (χ0n) is 10.2. The first-order valence-corrected chi connectivity index (χ1v) is 5.61. The fourth-order valence-corrected chi connectivity index (χ4v) is 1.42. The van der Waals surface area contributed by atoms with E-state index in [1.54, 1.807) is 6.92 Å². The fraction of sp³-hybridized carbons (Fsp3) is 0.417. The van der Waals surface area contributed by atoms with Crippen molar-refractivity contribution in [1.82, 2.24) is 10.3 Å². The first-order chi connectivity index (χ1) is 8.45. The molecule has 18 heavy (non-hydrogen) atoms. The standard InChI is InChI=1S/C12H15FN2O3/c1-3-7(2)10(12(17)18)15-11(16)8-4-5-9(13)14-6-8/h4-7,10H,3H2,1-2H3,(H,15,16)(H,17,18)/t7?,10-/m0/s1. The Bertz CT molecular complexity index is 433. The molecule has 98 valence electrons. The van der Waals surface area contributed by atoms with Crippen molar-refractivity contribution < 1.29 is 19.1 Å². The van der Waals surface area contributed by atoms with Gasteiger partial charge in [0.15, 0.2) is 0 Å². The zero-order chi connectivity index (χ0) is 13.7. The molecule has 0 fully saturated rings. The first-order valence-electron chi connectivity index (χ1n) is 5.61. The summed E-state index contributed by atoms with van der Waals surface area (Å²) in [5, 5.41) is 11.4. The van der Waals surface area contributed by atoms with Crippen LogP contribution in [0, 0.1) is 11.9 Å². The molecule has 0 aliphatic carbocycles. The van der Waals surface area contributed by atoms with Crippen molar-refractivity contribution in [3.8, 4) is 0 Å². The van der Waals surface area contributed by atoms with Crippen molar-refractivity contribution in [2.45, 2.75) is 26.3 Å². The number of hydrogen-bond donors (Lipinski definition) is 2. The maximum Gasteiger partial charge on any atom is 0.326 e.